The van der Waals surface area contributed by atoms with Gasteiger partial charge in [-0.05, 0) is 43.9 Å². The number of anilines is 2. The van der Waals surface area contributed by atoms with Crippen molar-refractivity contribution >= 4 is 43.2 Å². The number of aromatic nitrogens is 7. The summed E-state index contributed by atoms with van der Waals surface area (Å²) in [6.45, 7) is 0. The normalized spacial score (nSPS) is 17.2. The minimum absolute atomic E-state index is 0.340. The molecule has 39 heavy (non-hydrogen) atoms. The average molecular weight is 580 g/mol. The van der Waals surface area contributed by atoms with Gasteiger partial charge in [0, 0.05) is 36.7 Å². The molecule has 15 nitrogen and oxygen atoms in total. The zero-order valence-electron chi connectivity index (χ0n) is 21.2. The molecule has 0 saturated heterocycles. The van der Waals surface area contributed by atoms with Crippen LogP contribution in [0.3, 0.4) is 0 Å². The molecule has 0 amide bonds. The maximum atomic E-state index is 9.19. The molecule has 4 aromatic rings. The molecule has 3 heterocycles. The third-order valence-corrected chi connectivity index (χ3v) is 5.17. The molecule has 17 heteroatoms. The molecular formula is C22H29N9O6S2. The number of fused-ring (bicyclic) bond motifs is 1. The van der Waals surface area contributed by atoms with Gasteiger partial charge >= 0.3 is 0 Å². The summed E-state index contributed by atoms with van der Waals surface area (Å²) >= 11 is 0. The molecule has 3 aromatic heterocycles. The first kappa shape index (κ1) is 29.8. The Labute approximate surface area is 225 Å². The molecule has 0 atom stereocenters. The molecule has 1 aliphatic rings. The lowest BCUT2D eigenvalue weighted by Gasteiger charge is -2.29. The average Bonchev–Trinajstić information content (AvgIpc) is 3.28. The Morgan fingerprint density at radius 1 is 0.769 bits per heavy atom. The Balaban J connectivity index is 0.000000362. The van der Waals surface area contributed by atoms with Crippen molar-refractivity contribution < 1.29 is 25.9 Å². The van der Waals surface area contributed by atoms with Gasteiger partial charge in [0.1, 0.15) is 5.52 Å². The first-order valence-corrected chi connectivity index (χ1v) is 15.3. The number of hydrogen-bond donors (Lipinski definition) is 4. The topological polar surface area (TPSA) is 215 Å². The Kier molecular flexibility index (Phi) is 10.2. The lowest BCUT2D eigenvalue weighted by molar-refractivity contribution is 0.426. The van der Waals surface area contributed by atoms with Gasteiger partial charge in [0.2, 0.25) is 11.9 Å². The van der Waals surface area contributed by atoms with Crippen LogP contribution in [0.15, 0.2) is 55.0 Å². The molecule has 1 aliphatic carbocycles. The second-order valence-corrected chi connectivity index (χ2v) is 11.5. The summed E-state index contributed by atoms with van der Waals surface area (Å²) in [7, 11) is -7.33. The Morgan fingerprint density at radius 3 is 1.87 bits per heavy atom. The third-order valence-electron chi connectivity index (χ3n) is 5.17. The highest BCUT2D eigenvalue weighted by Gasteiger charge is 2.22. The molecule has 1 fully saturated rings. The van der Waals surface area contributed by atoms with E-state index >= 15 is 0 Å². The van der Waals surface area contributed by atoms with Gasteiger partial charge in [-0.25, -0.2) is 15.0 Å². The summed E-state index contributed by atoms with van der Waals surface area (Å²) < 4.78 is 53.5. The van der Waals surface area contributed by atoms with Gasteiger partial charge in [0.05, 0.1) is 18.0 Å². The quantitative estimate of drug-likeness (QED) is 0.248. The van der Waals surface area contributed by atoms with Gasteiger partial charge in [0.15, 0.2) is 5.82 Å². The Hall–Kier alpha value is -3.80. The molecule has 0 unspecified atom stereocenters. The predicted octanol–water partition coefficient (Wildman–Crippen LogP) is 1.84. The van der Waals surface area contributed by atoms with Crippen molar-refractivity contribution in [2.75, 3.05) is 23.1 Å². The van der Waals surface area contributed by atoms with Gasteiger partial charge in [0.25, 0.3) is 20.2 Å². The number of para-hydroxylation sites is 1. The first-order valence-electron chi connectivity index (χ1n) is 11.6. The molecule has 0 bridgehead atoms. The second-order valence-electron chi connectivity index (χ2n) is 8.60. The van der Waals surface area contributed by atoms with E-state index in [2.05, 4.69) is 40.9 Å². The standard InChI is InChI=1S/C20H21N9.2CH4O3S/c1-2-5-17-16(4-1)27-28-29(17)18-10-13-23-20(26-18)25-15-8-6-14(7-9-15)24-19-21-11-3-12-22-19;2*1-5(2,3)4/h1-5,10-15H,6-9H2,(H,21,22,24)(H,23,25,26);2*1H3,(H,2,3,4). The molecule has 0 radical (unpaired) electrons. The summed E-state index contributed by atoms with van der Waals surface area (Å²) in [6.07, 6.45) is 10.8. The minimum Gasteiger partial charge on any atom is -0.351 e. The van der Waals surface area contributed by atoms with Crippen molar-refractivity contribution in [3.63, 3.8) is 0 Å². The smallest absolute Gasteiger partial charge is 0.261 e. The predicted molar refractivity (Wildman–Crippen MR) is 145 cm³/mol. The molecule has 5 rings (SSSR count). The van der Waals surface area contributed by atoms with Gasteiger partial charge in [-0.2, -0.15) is 26.5 Å². The van der Waals surface area contributed by atoms with E-state index < -0.39 is 20.2 Å². The van der Waals surface area contributed by atoms with Crippen LogP contribution in [0.2, 0.25) is 0 Å². The van der Waals surface area contributed by atoms with E-state index in [1.54, 1.807) is 23.3 Å². The number of nitrogens with one attached hydrogen (secondary N) is 2. The van der Waals surface area contributed by atoms with Crippen LogP contribution in [0, 0.1) is 0 Å². The van der Waals surface area contributed by atoms with E-state index in [0.717, 1.165) is 36.7 Å². The van der Waals surface area contributed by atoms with Crippen LogP contribution in [0.25, 0.3) is 16.9 Å². The third kappa shape index (κ3) is 11.2. The SMILES string of the molecule is CS(=O)(=O)O.CS(=O)(=O)O.c1cnc(NC2CCC(Nc3nccc(-n4nnc5ccccc54)n3)CC2)nc1. The zero-order chi connectivity index (χ0) is 28.5. The highest BCUT2D eigenvalue weighted by molar-refractivity contribution is 7.85. The first-order chi connectivity index (χ1) is 18.3. The fraction of sp³-hybridized carbons (Fsp3) is 0.364. The van der Waals surface area contributed by atoms with Crippen molar-refractivity contribution in [1.82, 2.24) is 34.9 Å². The highest BCUT2D eigenvalue weighted by atomic mass is 32.2. The Bertz CT molecular complexity index is 1510. The number of nitrogens with zero attached hydrogens (tertiary/aromatic N) is 7. The molecule has 1 saturated carbocycles. The molecule has 4 N–H and O–H groups in total. The Morgan fingerprint density at radius 2 is 1.28 bits per heavy atom. The second kappa shape index (κ2) is 13.3. The van der Waals surface area contributed by atoms with E-state index in [4.69, 9.17) is 9.11 Å². The van der Waals surface area contributed by atoms with Gasteiger partial charge < -0.3 is 10.6 Å². The highest BCUT2D eigenvalue weighted by Crippen LogP contribution is 2.23. The van der Waals surface area contributed by atoms with Crippen LogP contribution in [0.4, 0.5) is 11.9 Å². The number of hydrogen-bond acceptors (Lipinski definition) is 12. The van der Waals surface area contributed by atoms with Crippen molar-refractivity contribution in [1.29, 1.82) is 0 Å². The van der Waals surface area contributed by atoms with Crippen LogP contribution in [0.5, 0.6) is 0 Å². The van der Waals surface area contributed by atoms with Crippen molar-refractivity contribution in [2.24, 2.45) is 0 Å². The van der Waals surface area contributed by atoms with Crippen molar-refractivity contribution in [3.8, 4) is 5.82 Å². The van der Waals surface area contributed by atoms with Crippen molar-refractivity contribution in [2.45, 2.75) is 37.8 Å². The van der Waals surface area contributed by atoms with Gasteiger partial charge in [-0.1, -0.05) is 17.3 Å². The van der Waals surface area contributed by atoms with Crippen LogP contribution < -0.4 is 10.6 Å². The lowest BCUT2D eigenvalue weighted by atomic mass is 9.91. The molecule has 0 spiro atoms. The van der Waals surface area contributed by atoms with E-state index in [9.17, 15) is 16.8 Å². The molecule has 1 aromatic carbocycles. The molecular weight excluding hydrogens is 550 g/mol. The summed E-state index contributed by atoms with van der Waals surface area (Å²) in [5, 5.41) is 15.3. The zero-order valence-corrected chi connectivity index (χ0v) is 22.8. The van der Waals surface area contributed by atoms with E-state index in [1.165, 1.54) is 0 Å². The van der Waals surface area contributed by atoms with Gasteiger partial charge in [-0.15, -0.1) is 5.10 Å². The largest absolute Gasteiger partial charge is 0.351 e. The van der Waals surface area contributed by atoms with Crippen LogP contribution in [0.1, 0.15) is 25.7 Å². The van der Waals surface area contributed by atoms with Crippen LogP contribution in [-0.4, -0.2) is 85.5 Å². The van der Waals surface area contributed by atoms with Gasteiger partial charge in [-0.3, -0.25) is 9.11 Å². The van der Waals surface area contributed by atoms with E-state index in [0.29, 0.717) is 42.3 Å². The number of rotatable bonds is 5. The maximum Gasteiger partial charge on any atom is 0.261 e. The fourth-order valence-electron chi connectivity index (χ4n) is 3.70. The fourth-order valence-corrected chi connectivity index (χ4v) is 3.70. The summed E-state index contributed by atoms with van der Waals surface area (Å²) in [5.41, 5.74) is 1.76. The maximum absolute atomic E-state index is 9.19. The molecule has 0 aliphatic heterocycles. The summed E-state index contributed by atoms with van der Waals surface area (Å²) in [6, 6.07) is 12.2. The monoisotopic (exact) mass is 579 g/mol. The minimum atomic E-state index is -3.67. The van der Waals surface area contributed by atoms with Crippen molar-refractivity contribution in [3.05, 3.63) is 55.0 Å². The van der Waals surface area contributed by atoms with Crippen LogP contribution in [-0.2, 0) is 20.2 Å². The van der Waals surface area contributed by atoms with Crippen LogP contribution >= 0.6 is 0 Å². The van der Waals surface area contributed by atoms with E-state index in [1.807, 2.05) is 36.4 Å². The number of benzene rings is 1. The molecule has 210 valence electrons. The summed E-state index contributed by atoms with van der Waals surface area (Å²) in [5.74, 6) is 2.01. The summed E-state index contributed by atoms with van der Waals surface area (Å²) in [4.78, 5) is 17.5. The van der Waals surface area contributed by atoms with E-state index in [-0.39, 0.29) is 0 Å². The lowest BCUT2D eigenvalue weighted by Crippen LogP contribution is -2.33.